The normalized spacial score (nSPS) is 13.3. The molecular weight excluding hydrogens is 294 g/mol. The molecule has 0 bridgehead atoms. The molecule has 118 valence electrons. The van der Waals surface area contributed by atoms with E-state index >= 15 is 0 Å². The average molecular weight is 313 g/mol. The summed E-state index contributed by atoms with van der Waals surface area (Å²) in [5, 5.41) is 14.0. The first kappa shape index (κ1) is 14.7. The average Bonchev–Trinajstić information content (AvgIpc) is 3.06. The van der Waals surface area contributed by atoms with E-state index in [1.165, 1.54) is 30.4 Å². The minimum Gasteiger partial charge on any atom is -0.240 e. The second kappa shape index (κ2) is 6.33. The molecule has 0 amide bonds. The van der Waals surface area contributed by atoms with E-state index in [0.29, 0.717) is 6.42 Å². The molecule has 3 aromatic rings. The van der Waals surface area contributed by atoms with E-state index in [1.54, 1.807) is 0 Å². The van der Waals surface area contributed by atoms with Crippen LogP contribution in [0.15, 0.2) is 54.7 Å². The van der Waals surface area contributed by atoms with Gasteiger partial charge in [0.15, 0.2) is 0 Å². The molecule has 4 rings (SSSR count). The summed E-state index contributed by atoms with van der Waals surface area (Å²) in [4.78, 5) is 0. The summed E-state index contributed by atoms with van der Waals surface area (Å²) in [5.74, 6) is 0. The fraction of sp³-hybridized carbons (Fsp3) is 0.238. The van der Waals surface area contributed by atoms with E-state index in [2.05, 4.69) is 24.3 Å². The van der Waals surface area contributed by atoms with E-state index in [-0.39, 0.29) is 0 Å². The quantitative estimate of drug-likeness (QED) is 0.715. The lowest BCUT2D eigenvalue weighted by Gasteiger charge is -2.16. The zero-order chi connectivity index (χ0) is 16.4. The molecule has 3 heteroatoms. The van der Waals surface area contributed by atoms with Crippen LogP contribution < -0.4 is 0 Å². The zero-order valence-electron chi connectivity index (χ0n) is 13.6. The summed E-state index contributed by atoms with van der Waals surface area (Å²) in [6.45, 7) is 0. The van der Waals surface area contributed by atoms with Crippen LogP contribution in [0.3, 0.4) is 0 Å². The highest BCUT2D eigenvalue weighted by Crippen LogP contribution is 2.29. The van der Waals surface area contributed by atoms with E-state index in [9.17, 15) is 5.26 Å². The third-order valence-electron chi connectivity index (χ3n) is 4.70. The van der Waals surface area contributed by atoms with Gasteiger partial charge in [-0.2, -0.15) is 10.4 Å². The number of nitriles is 1. The second-order valence-corrected chi connectivity index (χ2v) is 6.31. The fourth-order valence-corrected chi connectivity index (χ4v) is 3.46. The topological polar surface area (TPSA) is 41.6 Å². The molecule has 24 heavy (non-hydrogen) atoms. The highest BCUT2D eigenvalue weighted by atomic mass is 15.3. The molecule has 3 nitrogen and oxygen atoms in total. The molecule has 1 aliphatic carbocycles. The molecule has 0 unspecified atom stereocenters. The number of aryl methyl sites for hydroxylation is 2. The molecule has 0 aliphatic heterocycles. The molecule has 0 radical (unpaired) electrons. The highest BCUT2D eigenvalue weighted by Gasteiger charge is 2.15. The van der Waals surface area contributed by atoms with Gasteiger partial charge in [0.05, 0.1) is 23.9 Å². The van der Waals surface area contributed by atoms with Gasteiger partial charge in [-0.25, -0.2) is 4.68 Å². The number of hydrogen-bond acceptors (Lipinski definition) is 2. The first-order valence-electron chi connectivity index (χ1n) is 8.48. The van der Waals surface area contributed by atoms with Crippen molar-refractivity contribution in [1.82, 2.24) is 9.78 Å². The molecule has 1 aromatic heterocycles. The van der Waals surface area contributed by atoms with Crippen LogP contribution in [0.4, 0.5) is 0 Å². The molecule has 0 saturated heterocycles. The van der Waals surface area contributed by atoms with E-state index in [4.69, 9.17) is 5.10 Å². The van der Waals surface area contributed by atoms with E-state index < -0.39 is 0 Å². The zero-order valence-corrected chi connectivity index (χ0v) is 13.6. The third kappa shape index (κ3) is 2.72. The van der Waals surface area contributed by atoms with Gasteiger partial charge in [-0.1, -0.05) is 30.3 Å². The molecule has 0 N–H and O–H groups in total. The maximum atomic E-state index is 9.18. The lowest BCUT2D eigenvalue weighted by molar-refractivity contribution is 0.686. The summed E-state index contributed by atoms with van der Waals surface area (Å²) in [7, 11) is 0. The largest absolute Gasteiger partial charge is 0.240 e. The standard InChI is InChI=1S/C21H19N3/c22-13-12-19-15-24(20-8-2-1-3-9-20)23-21(19)18-11-10-16-6-4-5-7-17(16)14-18/h1-3,8-11,14-15H,4-7,12H2. The second-order valence-electron chi connectivity index (χ2n) is 6.31. The Morgan fingerprint density at radius 3 is 2.58 bits per heavy atom. The van der Waals surface area contributed by atoms with Crippen LogP contribution in [0.5, 0.6) is 0 Å². The van der Waals surface area contributed by atoms with Crippen LogP contribution in [0, 0.1) is 11.3 Å². The summed E-state index contributed by atoms with van der Waals surface area (Å²) in [6, 6.07) is 19.0. The number of benzene rings is 2. The Bertz CT molecular complexity index is 901. The minimum atomic E-state index is 0.374. The summed E-state index contributed by atoms with van der Waals surface area (Å²) in [6.07, 6.45) is 7.23. The van der Waals surface area contributed by atoms with Crippen molar-refractivity contribution in [2.75, 3.05) is 0 Å². The summed E-state index contributed by atoms with van der Waals surface area (Å²) < 4.78 is 1.88. The Morgan fingerprint density at radius 1 is 1.00 bits per heavy atom. The van der Waals surface area contributed by atoms with Gasteiger partial charge in [0.25, 0.3) is 0 Å². The number of para-hydroxylation sites is 1. The van der Waals surface area contributed by atoms with E-state index in [1.807, 2.05) is 41.2 Å². The van der Waals surface area contributed by atoms with Gasteiger partial charge in [0.1, 0.15) is 0 Å². The van der Waals surface area contributed by atoms with E-state index in [0.717, 1.165) is 28.9 Å². The molecule has 1 aliphatic rings. The van der Waals surface area contributed by atoms with Crippen molar-refractivity contribution in [2.45, 2.75) is 32.1 Å². The Kier molecular flexibility index (Phi) is 3.88. The van der Waals surface area contributed by atoms with Crippen LogP contribution in [-0.2, 0) is 19.3 Å². The first-order chi connectivity index (χ1) is 11.8. The van der Waals surface area contributed by atoms with Crippen LogP contribution in [0.1, 0.15) is 29.5 Å². The Labute approximate surface area is 142 Å². The smallest absolute Gasteiger partial charge is 0.0970 e. The van der Waals surface area contributed by atoms with Crippen molar-refractivity contribution in [3.63, 3.8) is 0 Å². The molecule has 1 heterocycles. The monoisotopic (exact) mass is 313 g/mol. The molecule has 0 atom stereocenters. The summed E-state index contributed by atoms with van der Waals surface area (Å²) in [5.41, 5.74) is 6.95. The SMILES string of the molecule is N#CCc1cn(-c2ccccc2)nc1-c1ccc2c(c1)CCCC2. The fourth-order valence-electron chi connectivity index (χ4n) is 3.46. The minimum absolute atomic E-state index is 0.374. The van der Waals surface area contributed by atoms with Crippen molar-refractivity contribution in [2.24, 2.45) is 0 Å². The Balaban J connectivity index is 1.79. The molecule has 2 aromatic carbocycles. The molecule has 0 saturated carbocycles. The molecule has 0 spiro atoms. The van der Waals surface area contributed by atoms with Crippen LogP contribution in [0.25, 0.3) is 16.9 Å². The molecule has 0 fully saturated rings. The number of aromatic nitrogens is 2. The predicted molar refractivity (Wildman–Crippen MR) is 95.0 cm³/mol. The number of hydrogen-bond donors (Lipinski definition) is 0. The molecular formula is C21H19N3. The lowest BCUT2D eigenvalue weighted by atomic mass is 9.89. The van der Waals surface area contributed by atoms with Gasteiger partial charge in [0.2, 0.25) is 0 Å². The number of rotatable bonds is 3. The lowest BCUT2D eigenvalue weighted by Crippen LogP contribution is -2.02. The van der Waals surface area contributed by atoms with Gasteiger partial charge >= 0.3 is 0 Å². The Morgan fingerprint density at radius 2 is 1.79 bits per heavy atom. The predicted octanol–water partition coefficient (Wildman–Crippen LogP) is 4.48. The van der Waals surface area contributed by atoms with Gasteiger partial charge in [-0.3, -0.25) is 0 Å². The van der Waals surface area contributed by atoms with Gasteiger partial charge < -0.3 is 0 Å². The van der Waals surface area contributed by atoms with Crippen LogP contribution in [-0.4, -0.2) is 9.78 Å². The van der Waals surface area contributed by atoms with Crippen molar-refractivity contribution >= 4 is 0 Å². The Hall–Kier alpha value is -2.86. The van der Waals surface area contributed by atoms with Gasteiger partial charge in [-0.15, -0.1) is 0 Å². The van der Waals surface area contributed by atoms with Crippen LogP contribution in [0.2, 0.25) is 0 Å². The van der Waals surface area contributed by atoms with Gasteiger partial charge in [-0.05, 0) is 55.0 Å². The maximum Gasteiger partial charge on any atom is 0.0970 e. The van der Waals surface area contributed by atoms with Crippen molar-refractivity contribution in [3.05, 3.63) is 71.4 Å². The number of nitrogens with zero attached hydrogens (tertiary/aromatic N) is 3. The van der Waals surface area contributed by atoms with Gasteiger partial charge in [0, 0.05) is 17.3 Å². The third-order valence-corrected chi connectivity index (χ3v) is 4.70. The number of fused-ring (bicyclic) bond motifs is 1. The summed E-state index contributed by atoms with van der Waals surface area (Å²) >= 11 is 0. The first-order valence-corrected chi connectivity index (χ1v) is 8.48. The highest BCUT2D eigenvalue weighted by molar-refractivity contribution is 5.65. The van der Waals surface area contributed by atoms with Crippen molar-refractivity contribution in [3.8, 4) is 23.0 Å². The van der Waals surface area contributed by atoms with Crippen molar-refractivity contribution < 1.29 is 0 Å². The van der Waals surface area contributed by atoms with Crippen molar-refractivity contribution in [1.29, 1.82) is 5.26 Å². The maximum absolute atomic E-state index is 9.18. The van der Waals surface area contributed by atoms with Crippen LogP contribution >= 0.6 is 0 Å².